The van der Waals surface area contributed by atoms with Gasteiger partial charge in [0.15, 0.2) is 0 Å². The van der Waals surface area contributed by atoms with E-state index < -0.39 is 0 Å². The quantitative estimate of drug-likeness (QED) is 0.877. The maximum atomic E-state index is 12.9. The van der Waals surface area contributed by atoms with Crippen LogP contribution in [0.2, 0.25) is 0 Å². The molecule has 1 saturated heterocycles. The van der Waals surface area contributed by atoms with E-state index in [-0.39, 0.29) is 30.2 Å². The summed E-state index contributed by atoms with van der Waals surface area (Å²) in [6.45, 7) is 1.43. The SMILES string of the molecule is Cl.O=C(NCCc1coc(-c2ccc(F)cc2)n1)C1CCCN1. The number of carbonyl (C=O) groups is 1. The average molecular weight is 340 g/mol. The Morgan fingerprint density at radius 2 is 2.17 bits per heavy atom. The van der Waals surface area contributed by atoms with E-state index >= 15 is 0 Å². The van der Waals surface area contributed by atoms with Crippen LogP contribution >= 0.6 is 12.4 Å². The van der Waals surface area contributed by atoms with Crippen molar-refractivity contribution in [1.29, 1.82) is 0 Å². The van der Waals surface area contributed by atoms with E-state index in [1.165, 1.54) is 12.1 Å². The van der Waals surface area contributed by atoms with Crippen LogP contribution in [0.4, 0.5) is 4.39 Å². The van der Waals surface area contributed by atoms with Crippen molar-refractivity contribution >= 4 is 18.3 Å². The Kier molecular flexibility index (Phi) is 6.12. The highest BCUT2D eigenvalue weighted by Gasteiger charge is 2.21. The van der Waals surface area contributed by atoms with Crippen molar-refractivity contribution in [3.63, 3.8) is 0 Å². The van der Waals surface area contributed by atoms with Crippen LogP contribution in [0.5, 0.6) is 0 Å². The summed E-state index contributed by atoms with van der Waals surface area (Å²) in [5.41, 5.74) is 1.49. The summed E-state index contributed by atoms with van der Waals surface area (Å²) < 4.78 is 18.3. The van der Waals surface area contributed by atoms with Crippen molar-refractivity contribution in [2.24, 2.45) is 0 Å². The normalized spacial score (nSPS) is 16.8. The smallest absolute Gasteiger partial charge is 0.237 e. The molecule has 0 aliphatic carbocycles. The summed E-state index contributed by atoms with van der Waals surface area (Å²) in [6, 6.07) is 5.92. The van der Waals surface area contributed by atoms with Crippen molar-refractivity contribution in [3.8, 4) is 11.5 Å². The van der Waals surface area contributed by atoms with Crippen LogP contribution in [0.3, 0.4) is 0 Å². The highest BCUT2D eigenvalue weighted by Crippen LogP contribution is 2.19. The zero-order valence-corrected chi connectivity index (χ0v) is 13.4. The summed E-state index contributed by atoms with van der Waals surface area (Å²) in [5, 5.41) is 6.06. The van der Waals surface area contributed by atoms with Crippen molar-refractivity contribution in [2.45, 2.75) is 25.3 Å². The van der Waals surface area contributed by atoms with Crippen LogP contribution in [-0.4, -0.2) is 30.0 Å². The van der Waals surface area contributed by atoms with E-state index in [1.54, 1.807) is 18.4 Å². The molecule has 1 aromatic carbocycles. The second-order valence-electron chi connectivity index (χ2n) is 5.34. The molecule has 1 aliphatic rings. The third-order valence-corrected chi connectivity index (χ3v) is 3.70. The number of aromatic nitrogens is 1. The summed E-state index contributed by atoms with van der Waals surface area (Å²) in [7, 11) is 0. The summed E-state index contributed by atoms with van der Waals surface area (Å²) in [4.78, 5) is 16.2. The lowest BCUT2D eigenvalue weighted by Crippen LogP contribution is -2.41. The van der Waals surface area contributed by atoms with Gasteiger partial charge in [0, 0.05) is 18.5 Å². The predicted molar refractivity (Wildman–Crippen MR) is 86.9 cm³/mol. The molecule has 1 aromatic heterocycles. The topological polar surface area (TPSA) is 67.2 Å². The first-order valence-electron chi connectivity index (χ1n) is 7.44. The molecule has 1 aliphatic heterocycles. The minimum atomic E-state index is -0.293. The number of halogens is 2. The van der Waals surface area contributed by atoms with Crippen molar-refractivity contribution in [2.75, 3.05) is 13.1 Å². The Hall–Kier alpha value is -1.92. The van der Waals surface area contributed by atoms with E-state index in [4.69, 9.17) is 4.42 Å². The monoisotopic (exact) mass is 339 g/mol. The van der Waals surface area contributed by atoms with Gasteiger partial charge in [-0.25, -0.2) is 9.37 Å². The molecular formula is C16H19ClFN3O2. The van der Waals surface area contributed by atoms with E-state index in [0.717, 1.165) is 30.6 Å². The second-order valence-corrected chi connectivity index (χ2v) is 5.34. The van der Waals surface area contributed by atoms with Gasteiger partial charge in [0.1, 0.15) is 12.1 Å². The number of hydrogen-bond donors (Lipinski definition) is 2. The molecular weight excluding hydrogens is 321 g/mol. The van der Waals surface area contributed by atoms with Gasteiger partial charge in [-0.3, -0.25) is 4.79 Å². The number of hydrogen-bond acceptors (Lipinski definition) is 4. The molecule has 1 amide bonds. The van der Waals surface area contributed by atoms with Gasteiger partial charge in [-0.2, -0.15) is 0 Å². The number of nitrogens with zero attached hydrogens (tertiary/aromatic N) is 1. The lowest BCUT2D eigenvalue weighted by molar-refractivity contribution is -0.122. The molecule has 0 radical (unpaired) electrons. The molecule has 0 bridgehead atoms. The number of amides is 1. The third kappa shape index (κ3) is 4.53. The molecule has 0 spiro atoms. The Labute approximate surface area is 140 Å². The van der Waals surface area contributed by atoms with Gasteiger partial charge in [0.05, 0.1) is 11.7 Å². The average Bonchev–Trinajstić information content (AvgIpc) is 3.19. The zero-order valence-electron chi connectivity index (χ0n) is 12.5. The van der Waals surface area contributed by atoms with E-state index in [0.29, 0.717) is 18.9 Å². The Bertz CT molecular complexity index is 639. The molecule has 1 atom stereocenters. The molecule has 1 unspecified atom stereocenters. The van der Waals surface area contributed by atoms with Gasteiger partial charge in [0.2, 0.25) is 11.8 Å². The first kappa shape index (κ1) is 17.4. The van der Waals surface area contributed by atoms with Gasteiger partial charge in [0.25, 0.3) is 0 Å². The van der Waals surface area contributed by atoms with Crippen molar-refractivity contribution < 1.29 is 13.6 Å². The molecule has 0 saturated carbocycles. The van der Waals surface area contributed by atoms with Crippen LogP contribution in [0.1, 0.15) is 18.5 Å². The van der Waals surface area contributed by atoms with Gasteiger partial charge in [-0.15, -0.1) is 12.4 Å². The molecule has 2 aromatic rings. The Balaban J connectivity index is 0.00000192. The van der Waals surface area contributed by atoms with E-state index in [9.17, 15) is 9.18 Å². The predicted octanol–water partition coefficient (Wildman–Crippen LogP) is 2.31. The Morgan fingerprint density at radius 1 is 1.39 bits per heavy atom. The lowest BCUT2D eigenvalue weighted by atomic mass is 10.2. The van der Waals surface area contributed by atoms with Gasteiger partial charge in [-0.1, -0.05) is 0 Å². The highest BCUT2D eigenvalue weighted by atomic mass is 35.5. The van der Waals surface area contributed by atoms with Crippen LogP contribution < -0.4 is 10.6 Å². The number of rotatable bonds is 5. The fourth-order valence-corrected chi connectivity index (χ4v) is 2.49. The third-order valence-electron chi connectivity index (χ3n) is 3.70. The summed E-state index contributed by atoms with van der Waals surface area (Å²) in [6.07, 6.45) is 4.11. The molecule has 3 rings (SSSR count). The highest BCUT2D eigenvalue weighted by molar-refractivity contribution is 5.85. The van der Waals surface area contributed by atoms with Gasteiger partial charge < -0.3 is 15.1 Å². The van der Waals surface area contributed by atoms with Gasteiger partial charge in [-0.05, 0) is 43.7 Å². The molecule has 5 nitrogen and oxygen atoms in total. The van der Waals surface area contributed by atoms with Crippen LogP contribution in [0, 0.1) is 5.82 Å². The fraction of sp³-hybridized carbons (Fsp3) is 0.375. The maximum Gasteiger partial charge on any atom is 0.237 e. The number of benzene rings is 1. The zero-order chi connectivity index (χ0) is 15.4. The van der Waals surface area contributed by atoms with Crippen molar-refractivity contribution in [3.05, 3.63) is 42.0 Å². The number of carbonyl (C=O) groups excluding carboxylic acids is 1. The number of nitrogens with one attached hydrogen (secondary N) is 2. The summed E-state index contributed by atoms with van der Waals surface area (Å²) in [5.74, 6) is 0.206. The molecule has 23 heavy (non-hydrogen) atoms. The van der Waals surface area contributed by atoms with Crippen molar-refractivity contribution in [1.82, 2.24) is 15.6 Å². The van der Waals surface area contributed by atoms with E-state index in [1.807, 2.05) is 0 Å². The van der Waals surface area contributed by atoms with Crippen LogP contribution in [0.25, 0.3) is 11.5 Å². The molecule has 2 heterocycles. The van der Waals surface area contributed by atoms with E-state index in [2.05, 4.69) is 15.6 Å². The lowest BCUT2D eigenvalue weighted by Gasteiger charge is -2.09. The summed E-state index contributed by atoms with van der Waals surface area (Å²) >= 11 is 0. The standard InChI is InChI=1S/C16H18FN3O2.ClH/c17-12-5-3-11(4-6-12)16-20-13(10-22-16)7-9-19-15(21)14-2-1-8-18-14;/h3-6,10,14,18H,1-2,7-9H2,(H,19,21);1H. The second kappa shape index (κ2) is 8.08. The minimum Gasteiger partial charge on any atom is -0.444 e. The van der Waals surface area contributed by atoms with Crippen LogP contribution in [-0.2, 0) is 11.2 Å². The Morgan fingerprint density at radius 3 is 2.87 bits per heavy atom. The minimum absolute atomic E-state index is 0. The molecule has 124 valence electrons. The maximum absolute atomic E-state index is 12.9. The molecule has 1 fully saturated rings. The van der Waals surface area contributed by atoms with Crippen LogP contribution in [0.15, 0.2) is 34.9 Å². The van der Waals surface area contributed by atoms with Gasteiger partial charge >= 0.3 is 0 Å². The fourth-order valence-electron chi connectivity index (χ4n) is 2.49. The number of oxazole rings is 1. The molecule has 2 N–H and O–H groups in total. The molecule has 7 heteroatoms. The first-order chi connectivity index (χ1) is 10.7. The largest absolute Gasteiger partial charge is 0.444 e. The first-order valence-corrected chi connectivity index (χ1v) is 7.44.